The Morgan fingerprint density at radius 3 is 2.53 bits per heavy atom. The van der Waals surface area contributed by atoms with E-state index >= 15 is 0 Å². The average Bonchev–Trinajstić information content (AvgIpc) is 2.74. The second kappa shape index (κ2) is 11.9. The van der Waals surface area contributed by atoms with E-state index in [4.69, 9.17) is 21.2 Å². The molecule has 0 saturated carbocycles. The molecule has 2 rings (SSSR count). The molecule has 0 saturated heterocycles. The highest BCUT2D eigenvalue weighted by molar-refractivity contribution is 6.31. The summed E-state index contributed by atoms with van der Waals surface area (Å²) in [5, 5.41) is 14.6. The average molecular weight is 465 g/mol. The van der Waals surface area contributed by atoms with Gasteiger partial charge in [0.05, 0.1) is 11.5 Å². The summed E-state index contributed by atoms with van der Waals surface area (Å²) in [7, 11) is 0. The summed E-state index contributed by atoms with van der Waals surface area (Å²) in [5.74, 6) is -0.669. The van der Waals surface area contributed by atoms with Crippen molar-refractivity contribution >= 4 is 34.7 Å². The van der Waals surface area contributed by atoms with Crippen LogP contribution in [0.2, 0.25) is 5.02 Å². The first-order chi connectivity index (χ1) is 15.2. The molecule has 0 amide bonds. The van der Waals surface area contributed by atoms with E-state index in [-0.39, 0.29) is 27.9 Å². The number of unbranched alkanes of at least 4 members (excludes halogenated alkanes) is 2. The van der Waals surface area contributed by atoms with Crippen LogP contribution in [0.1, 0.15) is 51.6 Å². The lowest BCUT2D eigenvalue weighted by molar-refractivity contribution is -0.384. The number of hydrogen-bond donors (Lipinski definition) is 1. The minimum Gasteiger partial charge on any atom is -0.494 e. The monoisotopic (exact) mass is 464 g/mol. The van der Waals surface area contributed by atoms with Gasteiger partial charge in [-0.3, -0.25) is 24.7 Å². The van der Waals surface area contributed by atoms with Crippen LogP contribution in [0.4, 0.5) is 11.4 Å². The molecule has 0 spiro atoms. The van der Waals surface area contributed by atoms with Crippen molar-refractivity contribution < 1.29 is 29.0 Å². The number of rotatable bonds is 12. The molecule has 0 aromatic heterocycles. The predicted octanol–water partition coefficient (Wildman–Crippen LogP) is 5.42. The number of nitro groups is 1. The van der Waals surface area contributed by atoms with E-state index < -0.39 is 16.9 Å². The molecule has 0 aliphatic rings. The van der Waals surface area contributed by atoms with Crippen LogP contribution in [0.25, 0.3) is 0 Å². The van der Waals surface area contributed by atoms with Gasteiger partial charge in [0.15, 0.2) is 11.5 Å². The van der Waals surface area contributed by atoms with E-state index in [0.29, 0.717) is 17.9 Å². The highest BCUT2D eigenvalue weighted by Crippen LogP contribution is 2.39. The number of carbonyl (C=O) groups is 2. The van der Waals surface area contributed by atoms with E-state index in [1.807, 2.05) is 0 Å². The van der Waals surface area contributed by atoms with Crippen LogP contribution < -0.4 is 14.9 Å². The number of nitrogens with one attached hydrogen (secondary N) is 1. The maximum Gasteiger partial charge on any atom is 0.352 e. The highest BCUT2D eigenvalue weighted by Gasteiger charge is 2.27. The van der Waals surface area contributed by atoms with E-state index in [1.54, 1.807) is 18.2 Å². The highest BCUT2D eigenvalue weighted by atomic mass is 35.5. The Morgan fingerprint density at radius 2 is 1.94 bits per heavy atom. The summed E-state index contributed by atoms with van der Waals surface area (Å²) in [4.78, 5) is 43.9. The molecule has 2 aromatic rings. The third kappa shape index (κ3) is 6.84. The van der Waals surface area contributed by atoms with Gasteiger partial charge in [0, 0.05) is 23.6 Å². The maximum atomic E-state index is 12.4. The van der Waals surface area contributed by atoms with Gasteiger partial charge in [-0.15, -0.1) is 0 Å². The molecule has 0 heterocycles. The number of benzene rings is 2. The van der Waals surface area contributed by atoms with Crippen LogP contribution in [0, 0.1) is 10.1 Å². The SMILES string of the molecule is CCCCCOc1ccc(C(Nc2c(OOC(C)=O)cccc2[N+](=O)[O-])C(C)=O)c(Cl)c1. The molecule has 9 nitrogen and oxygen atoms in total. The van der Waals surface area contributed by atoms with Crippen LogP contribution in [-0.2, 0) is 14.5 Å². The van der Waals surface area contributed by atoms with Crippen LogP contribution in [-0.4, -0.2) is 23.3 Å². The standard InChI is InChI=1S/C22H25ClN2O7/c1-4-5-6-12-30-16-10-11-17(18(23)13-16)21(14(2)26)24-22-19(25(28)29)8-7-9-20(22)32-31-15(3)27/h7-11,13,21,24H,4-6,12H2,1-3H3. The van der Waals surface area contributed by atoms with Crippen molar-refractivity contribution in [3.8, 4) is 11.5 Å². The number of carbonyl (C=O) groups excluding carboxylic acids is 2. The molecule has 2 aromatic carbocycles. The van der Waals surface area contributed by atoms with Gasteiger partial charge in [0.1, 0.15) is 11.8 Å². The molecule has 10 heteroatoms. The minimum atomic E-state index is -1.03. The van der Waals surface area contributed by atoms with Crippen LogP contribution >= 0.6 is 11.6 Å². The van der Waals surface area contributed by atoms with Crippen molar-refractivity contribution in [1.29, 1.82) is 0 Å². The molecule has 1 N–H and O–H groups in total. The molecule has 0 aliphatic heterocycles. The fourth-order valence-corrected chi connectivity index (χ4v) is 3.19. The Balaban J connectivity index is 2.35. The van der Waals surface area contributed by atoms with Crippen molar-refractivity contribution in [2.75, 3.05) is 11.9 Å². The van der Waals surface area contributed by atoms with E-state index in [1.165, 1.54) is 25.1 Å². The zero-order valence-electron chi connectivity index (χ0n) is 18.1. The summed E-state index contributed by atoms with van der Waals surface area (Å²) in [6, 6.07) is 7.83. The normalized spacial score (nSPS) is 11.4. The Hall–Kier alpha value is -3.33. The quantitative estimate of drug-likeness (QED) is 0.191. The van der Waals surface area contributed by atoms with Crippen LogP contribution in [0.3, 0.4) is 0 Å². The molecular formula is C22H25ClN2O7. The van der Waals surface area contributed by atoms with Gasteiger partial charge in [0.25, 0.3) is 5.69 Å². The molecular weight excluding hydrogens is 440 g/mol. The van der Waals surface area contributed by atoms with Crippen molar-refractivity contribution in [2.45, 2.75) is 46.1 Å². The number of halogens is 1. The van der Waals surface area contributed by atoms with Gasteiger partial charge in [0.2, 0.25) is 5.75 Å². The number of anilines is 1. The molecule has 172 valence electrons. The minimum absolute atomic E-state index is 0.130. The fourth-order valence-electron chi connectivity index (χ4n) is 2.91. The number of ketones is 1. The van der Waals surface area contributed by atoms with Crippen molar-refractivity contribution in [1.82, 2.24) is 0 Å². The Kier molecular flexibility index (Phi) is 9.27. The molecule has 32 heavy (non-hydrogen) atoms. The Bertz CT molecular complexity index is 981. The first-order valence-electron chi connectivity index (χ1n) is 10.1. The summed E-state index contributed by atoms with van der Waals surface area (Å²) in [6.45, 7) is 5.09. The van der Waals surface area contributed by atoms with Gasteiger partial charge >= 0.3 is 5.97 Å². The van der Waals surface area contributed by atoms with Crippen LogP contribution in [0.5, 0.6) is 11.5 Å². The predicted molar refractivity (Wildman–Crippen MR) is 119 cm³/mol. The van der Waals surface area contributed by atoms with Gasteiger partial charge in [-0.1, -0.05) is 43.5 Å². The molecule has 0 fully saturated rings. The number of Topliss-reactive ketones (excluding diaryl/α,β-unsaturated/α-hetero) is 1. The lowest BCUT2D eigenvalue weighted by Crippen LogP contribution is -2.20. The van der Waals surface area contributed by atoms with E-state index in [2.05, 4.69) is 17.1 Å². The van der Waals surface area contributed by atoms with Crippen molar-refractivity contribution in [2.24, 2.45) is 0 Å². The lowest BCUT2D eigenvalue weighted by Gasteiger charge is -2.20. The molecule has 0 bridgehead atoms. The summed E-state index contributed by atoms with van der Waals surface area (Å²) in [6.07, 6.45) is 3.04. The molecule has 1 atom stereocenters. The molecule has 0 radical (unpaired) electrons. The number of para-hydroxylation sites is 1. The maximum absolute atomic E-state index is 12.4. The summed E-state index contributed by atoms with van der Waals surface area (Å²) < 4.78 is 5.68. The van der Waals surface area contributed by atoms with E-state index in [9.17, 15) is 19.7 Å². The van der Waals surface area contributed by atoms with Crippen LogP contribution in [0.15, 0.2) is 36.4 Å². The van der Waals surface area contributed by atoms with Gasteiger partial charge in [-0.2, -0.15) is 0 Å². The Morgan fingerprint density at radius 1 is 1.19 bits per heavy atom. The zero-order valence-corrected chi connectivity index (χ0v) is 18.8. The van der Waals surface area contributed by atoms with Gasteiger partial charge in [-0.25, -0.2) is 4.79 Å². The zero-order chi connectivity index (χ0) is 23.7. The smallest absolute Gasteiger partial charge is 0.352 e. The topological polar surface area (TPSA) is 117 Å². The summed E-state index contributed by atoms with van der Waals surface area (Å²) in [5.41, 5.74) is -0.0977. The number of nitro benzene ring substituents is 1. The summed E-state index contributed by atoms with van der Waals surface area (Å²) >= 11 is 6.41. The molecule has 1 unspecified atom stereocenters. The number of hydrogen-bond acceptors (Lipinski definition) is 8. The van der Waals surface area contributed by atoms with Gasteiger partial charge < -0.3 is 10.1 Å². The van der Waals surface area contributed by atoms with E-state index in [0.717, 1.165) is 26.2 Å². The number of ether oxygens (including phenoxy) is 1. The Labute approximate surface area is 190 Å². The largest absolute Gasteiger partial charge is 0.494 e. The molecule has 0 aliphatic carbocycles. The van der Waals surface area contributed by atoms with Gasteiger partial charge in [-0.05, 0) is 31.5 Å². The number of nitrogens with zero attached hydrogens (tertiary/aromatic N) is 1. The third-order valence-corrected chi connectivity index (χ3v) is 4.77. The first-order valence-corrected chi connectivity index (χ1v) is 10.4. The third-order valence-electron chi connectivity index (χ3n) is 4.44. The van der Waals surface area contributed by atoms with Crippen molar-refractivity contribution in [3.05, 3.63) is 57.1 Å². The first kappa shape index (κ1) is 24.9. The van der Waals surface area contributed by atoms with Crippen molar-refractivity contribution in [3.63, 3.8) is 0 Å². The second-order valence-electron chi connectivity index (χ2n) is 6.99. The lowest BCUT2D eigenvalue weighted by atomic mass is 10.0. The fraction of sp³-hybridized carbons (Fsp3) is 0.364. The second-order valence-corrected chi connectivity index (χ2v) is 7.40.